The summed E-state index contributed by atoms with van der Waals surface area (Å²) in [4.78, 5) is 0. The molecule has 2 rings (SSSR count). The third-order valence-electron chi connectivity index (χ3n) is 3.00. The van der Waals surface area contributed by atoms with Crippen LogP contribution in [0.5, 0.6) is 0 Å². The van der Waals surface area contributed by atoms with Crippen LogP contribution in [0.3, 0.4) is 0 Å². The number of nitrogens with one attached hydrogen (secondary N) is 1. The van der Waals surface area contributed by atoms with E-state index in [-0.39, 0.29) is 5.54 Å². The standard InChI is InChI=1S/C12H17BrN2O/c1-12(4-5-16-8-12)15-7-9-2-3-10(13)11(14)6-9/h2-3,6,15H,4-5,7-8,14H2,1H3. The van der Waals surface area contributed by atoms with Crippen LogP contribution in [0.4, 0.5) is 5.69 Å². The highest BCUT2D eigenvalue weighted by Crippen LogP contribution is 2.22. The van der Waals surface area contributed by atoms with Gasteiger partial charge < -0.3 is 15.8 Å². The van der Waals surface area contributed by atoms with Gasteiger partial charge in [-0.15, -0.1) is 0 Å². The second-order valence-electron chi connectivity index (χ2n) is 4.57. The van der Waals surface area contributed by atoms with Gasteiger partial charge in [-0.05, 0) is 47.0 Å². The molecular formula is C12H17BrN2O. The van der Waals surface area contributed by atoms with Crippen LogP contribution in [-0.2, 0) is 11.3 Å². The average Bonchev–Trinajstić information content (AvgIpc) is 2.68. The quantitative estimate of drug-likeness (QED) is 0.838. The lowest BCUT2D eigenvalue weighted by Crippen LogP contribution is -2.42. The van der Waals surface area contributed by atoms with Crippen molar-refractivity contribution in [3.63, 3.8) is 0 Å². The average molecular weight is 285 g/mol. The SMILES string of the molecule is CC1(NCc2ccc(Br)c(N)c2)CCOC1. The van der Waals surface area contributed by atoms with E-state index in [1.807, 2.05) is 12.1 Å². The van der Waals surface area contributed by atoms with Crippen LogP contribution in [0.25, 0.3) is 0 Å². The van der Waals surface area contributed by atoms with Crippen LogP contribution < -0.4 is 11.1 Å². The molecule has 0 aromatic heterocycles. The molecule has 0 bridgehead atoms. The molecule has 3 N–H and O–H groups in total. The Morgan fingerprint density at radius 2 is 2.38 bits per heavy atom. The predicted octanol–water partition coefficient (Wildman–Crippen LogP) is 2.30. The van der Waals surface area contributed by atoms with Gasteiger partial charge in [-0.25, -0.2) is 0 Å². The number of nitrogens with two attached hydrogens (primary N) is 1. The first-order valence-corrected chi connectivity index (χ1v) is 6.25. The number of benzene rings is 1. The van der Waals surface area contributed by atoms with Gasteiger partial charge in [-0.1, -0.05) is 6.07 Å². The number of hydrogen-bond acceptors (Lipinski definition) is 3. The molecule has 0 amide bonds. The van der Waals surface area contributed by atoms with Gasteiger partial charge in [0.05, 0.1) is 6.61 Å². The summed E-state index contributed by atoms with van der Waals surface area (Å²) < 4.78 is 6.35. The molecule has 1 atom stereocenters. The van der Waals surface area contributed by atoms with E-state index in [0.29, 0.717) is 0 Å². The zero-order chi connectivity index (χ0) is 11.6. The normalized spacial score (nSPS) is 24.9. The van der Waals surface area contributed by atoms with E-state index in [2.05, 4.69) is 34.2 Å². The summed E-state index contributed by atoms with van der Waals surface area (Å²) in [6.07, 6.45) is 1.07. The molecule has 1 aromatic carbocycles. The minimum atomic E-state index is 0.113. The van der Waals surface area contributed by atoms with Crippen molar-refractivity contribution in [2.45, 2.75) is 25.4 Å². The molecule has 4 heteroatoms. The van der Waals surface area contributed by atoms with Gasteiger partial charge in [0.25, 0.3) is 0 Å². The molecule has 1 saturated heterocycles. The number of hydrogen-bond donors (Lipinski definition) is 2. The van der Waals surface area contributed by atoms with Crippen molar-refractivity contribution >= 4 is 21.6 Å². The third-order valence-corrected chi connectivity index (χ3v) is 3.72. The molecule has 1 aliphatic heterocycles. The molecule has 0 saturated carbocycles. The van der Waals surface area contributed by atoms with E-state index in [0.717, 1.165) is 36.3 Å². The van der Waals surface area contributed by atoms with Crippen LogP contribution in [0.1, 0.15) is 18.9 Å². The summed E-state index contributed by atoms with van der Waals surface area (Å²) in [7, 11) is 0. The molecular weight excluding hydrogens is 268 g/mol. The largest absolute Gasteiger partial charge is 0.398 e. The molecule has 16 heavy (non-hydrogen) atoms. The lowest BCUT2D eigenvalue weighted by atomic mass is 10.0. The summed E-state index contributed by atoms with van der Waals surface area (Å²) in [5.74, 6) is 0. The van der Waals surface area contributed by atoms with Crippen LogP contribution in [0.15, 0.2) is 22.7 Å². The van der Waals surface area contributed by atoms with Crippen LogP contribution in [-0.4, -0.2) is 18.8 Å². The van der Waals surface area contributed by atoms with E-state index in [1.165, 1.54) is 5.56 Å². The van der Waals surface area contributed by atoms with Crippen molar-refractivity contribution in [2.24, 2.45) is 0 Å². The van der Waals surface area contributed by atoms with Gasteiger partial charge in [0.15, 0.2) is 0 Å². The Balaban J connectivity index is 1.96. The van der Waals surface area contributed by atoms with Crippen LogP contribution in [0, 0.1) is 0 Å². The minimum absolute atomic E-state index is 0.113. The molecule has 0 radical (unpaired) electrons. The van der Waals surface area contributed by atoms with Crippen molar-refractivity contribution in [1.82, 2.24) is 5.32 Å². The summed E-state index contributed by atoms with van der Waals surface area (Å²) in [5, 5.41) is 3.53. The maximum Gasteiger partial charge on any atom is 0.0646 e. The number of ether oxygens (including phenoxy) is 1. The van der Waals surface area contributed by atoms with Gasteiger partial charge in [0, 0.05) is 28.9 Å². The molecule has 0 spiro atoms. The zero-order valence-corrected chi connectivity index (χ0v) is 11.0. The van der Waals surface area contributed by atoms with E-state index >= 15 is 0 Å². The number of halogens is 1. The van der Waals surface area contributed by atoms with Gasteiger partial charge in [-0.3, -0.25) is 0 Å². The number of anilines is 1. The fourth-order valence-electron chi connectivity index (χ4n) is 1.83. The molecule has 88 valence electrons. The summed E-state index contributed by atoms with van der Waals surface area (Å²) in [6, 6.07) is 6.06. The van der Waals surface area contributed by atoms with Crippen LogP contribution >= 0.6 is 15.9 Å². The number of rotatable bonds is 3. The Morgan fingerprint density at radius 3 is 3.00 bits per heavy atom. The van der Waals surface area contributed by atoms with E-state index in [9.17, 15) is 0 Å². The van der Waals surface area contributed by atoms with Gasteiger partial charge in [0.1, 0.15) is 0 Å². The lowest BCUT2D eigenvalue weighted by molar-refractivity contribution is 0.171. The van der Waals surface area contributed by atoms with Gasteiger partial charge in [0.2, 0.25) is 0 Å². The molecule has 0 aliphatic carbocycles. The lowest BCUT2D eigenvalue weighted by Gasteiger charge is -2.23. The van der Waals surface area contributed by atoms with Crippen molar-refractivity contribution in [3.05, 3.63) is 28.2 Å². The molecule has 3 nitrogen and oxygen atoms in total. The van der Waals surface area contributed by atoms with Crippen molar-refractivity contribution < 1.29 is 4.74 Å². The fourth-order valence-corrected chi connectivity index (χ4v) is 2.07. The van der Waals surface area contributed by atoms with Gasteiger partial charge >= 0.3 is 0 Å². The minimum Gasteiger partial charge on any atom is -0.398 e. The first kappa shape index (κ1) is 11.9. The van der Waals surface area contributed by atoms with Crippen LogP contribution in [0.2, 0.25) is 0 Å². The Labute approximate surface area is 104 Å². The van der Waals surface area contributed by atoms with Crippen molar-refractivity contribution in [3.8, 4) is 0 Å². The summed E-state index contributed by atoms with van der Waals surface area (Å²) in [6.45, 7) is 4.67. The predicted molar refractivity (Wildman–Crippen MR) is 69.2 cm³/mol. The Kier molecular flexibility index (Phi) is 3.52. The van der Waals surface area contributed by atoms with E-state index in [4.69, 9.17) is 10.5 Å². The molecule has 1 heterocycles. The second kappa shape index (κ2) is 4.73. The summed E-state index contributed by atoms with van der Waals surface area (Å²) in [5.41, 5.74) is 7.94. The number of nitrogen functional groups attached to an aromatic ring is 1. The molecule has 1 aromatic rings. The first-order valence-electron chi connectivity index (χ1n) is 5.46. The maximum absolute atomic E-state index is 5.84. The Hall–Kier alpha value is -0.580. The summed E-state index contributed by atoms with van der Waals surface area (Å²) >= 11 is 3.39. The zero-order valence-electron chi connectivity index (χ0n) is 9.42. The maximum atomic E-state index is 5.84. The third kappa shape index (κ3) is 2.75. The highest BCUT2D eigenvalue weighted by Gasteiger charge is 2.28. The fraction of sp³-hybridized carbons (Fsp3) is 0.500. The molecule has 1 fully saturated rings. The molecule has 1 unspecified atom stereocenters. The topological polar surface area (TPSA) is 47.3 Å². The Bertz CT molecular complexity index is 375. The Morgan fingerprint density at radius 1 is 1.56 bits per heavy atom. The van der Waals surface area contributed by atoms with Gasteiger partial charge in [-0.2, -0.15) is 0 Å². The second-order valence-corrected chi connectivity index (χ2v) is 5.43. The van der Waals surface area contributed by atoms with Crippen molar-refractivity contribution in [2.75, 3.05) is 18.9 Å². The first-order chi connectivity index (χ1) is 7.59. The highest BCUT2D eigenvalue weighted by molar-refractivity contribution is 9.10. The van der Waals surface area contributed by atoms with Crippen molar-refractivity contribution in [1.29, 1.82) is 0 Å². The smallest absolute Gasteiger partial charge is 0.0646 e. The highest BCUT2D eigenvalue weighted by atomic mass is 79.9. The van der Waals surface area contributed by atoms with E-state index < -0.39 is 0 Å². The van der Waals surface area contributed by atoms with E-state index in [1.54, 1.807) is 0 Å². The molecule has 1 aliphatic rings. The monoisotopic (exact) mass is 284 g/mol.